The van der Waals surface area contributed by atoms with E-state index >= 15 is 0 Å². The predicted octanol–water partition coefficient (Wildman–Crippen LogP) is 1.05. The molecule has 1 aromatic rings. The lowest BCUT2D eigenvalue weighted by Gasteiger charge is -2.14. The van der Waals surface area contributed by atoms with Crippen molar-refractivity contribution >= 4 is 14.2 Å². The Kier molecular flexibility index (Phi) is 9.54. The van der Waals surface area contributed by atoms with Crippen LogP contribution in [0, 0.1) is 6.92 Å². The van der Waals surface area contributed by atoms with E-state index in [-0.39, 0.29) is 12.3 Å². The van der Waals surface area contributed by atoms with Crippen molar-refractivity contribution in [3.63, 3.8) is 0 Å². The topological polar surface area (TPSA) is 105 Å². The maximum Gasteiger partial charge on any atom is 0.261 e. The Balaban J connectivity index is 0. The van der Waals surface area contributed by atoms with E-state index in [1.54, 1.807) is 0 Å². The molecule has 0 spiro atoms. The first kappa shape index (κ1) is 16.7. The van der Waals surface area contributed by atoms with Crippen LogP contribution in [0.25, 0.3) is 0 Å². The van der Waals surface area contributed by atoms with Crippen molar-refractivity contribution in [3.8, 4) is 0 Å². The van der Waals surface area contributed by atoms with Crippen molar-refractivity contribution in [2.75, 3.05) is 12.8 Å². The minimum absolute atomic E-state index is 0. The van der Waals surface area contributed by atoms with Gasteiger partial charge in [-0.2, -0.15) is 0 Å². The quantitative estimate of drug-likeness (QED) is 0.670. The normalized spacial score (nSPS) is 9.33. The van der Waals surface area contributed by atoms with Gasteiger partial charge in [-0.3, -0.25) is 0 Å². The zero-order valence-electron chi connectivity index (χ0n) is 9.62. The summed E-state index contributed by atoms with van der Waals surface area (Å²) in [6.07, 6.45) is 0.642. The van der Waals surface area contributed by atoms with Gasteiger partial charge in [0.05, 0.1) is 0 Å². The molecular formula is C10H22N3OSi. The van der Waals surface area contributed by atoms with Crippen LogP contribution in [0.2, 0.25) is 0 Å². The molecule has 0 unspecified atom stereocenters. The molecule has 0 bridgehead atoms. The van der Waals surface area contributed by atoms with Crippen molar-refractivity contribution in [2.24, 2.45) is 5.73 Å². The molecule has 1 radical (unpaired) electrons. The van der Waals surface area contributed by atoms with Gasteiger partial charge in [0.2, 0.25) is 0 Å². The molecule has 8 N–H and O–H groups in total. The predicted molar refractivity (Wildman–Crippen MR) is 67.3 cm³/mol. The second kappa shape index (κ2) is 8.57. The lowest BCUT2D eigenvalue weighted by atomic mass is 10.2. The third-order valence-electron chi connectivity index (χ3n) is 1.95. The molecule has 1 aromatic carbocycles. The third-order valence-corrected chi connectivity index (χ3v) is 4.12. The fourth-order valence-electron chi connectivity index (χ4n) is 1.31. The average molecular weight is 228 g/mol. The van der Waals surface area contributed by atoms with Crippen molar-refractivity contribution < 1.29 is 4.43 Å². The van der Waals surface area contributed by atoms with Gasteiger partial charge in [-0.25, -0.2) is 0 Å². The summed E-state index contributed by atoms with van der Waals surface area (Å²) >= 11 is 0. The van der Waals surface area contributed by atoms with E-state index in [4.69, 9.17) is 10.2 Å². The summed E-state index contributed by atoms with van der Waals surface area (Å²) in [4.78, 5) is 0. The van der Waals surface area contributed by atoms with Crippen LogP contribution in [-0.4, -0.2) is 21.8 Å². The van der Waals surface area contributed by atoms with E-state index in [2.05, 4.69) is 19.1 Å². The summed E-state index contributed by atoms with van der Waals surface area (Å²) in [6, 6.07) is 8.31. The molecule has 0 fully saturated rings. The monoisotopic (exact) mass is 228 g/mol. The number of rotatable bonds is 4. The number of hydrogen-bond acceptors (Lipinski definition) is 4. The lowest BCUT2D eigenvalue weighted by Crippen LogP contribution is -2.42. The fourth-order valence-corrected chi connectivity index (χ4v) is 2.95. The SMILES string of the molecule is CCO[Si](CN)c1ccccc1C.N.N. The first-order chi connectivity index (χ1) is 6.29. The number of benzene rings is 1. The summed E-state index contributed by atoms with van der Waals surface area (Å²) < 4.78 is 5.63. The molecule has 0 saturated heterocycles. The number of nitrogens with two attached hydrogens (primary N) is 1. The molecule has 0 atom stereocenters. The molecule has 0 heterocycles. The lowest BCUT2D eigenvalue weighted by molar-refractivity contribution is 0.350. The molecule has 15 heavy (non-hydrogen) atoms. The van der Waals surface area contributed by atoms with Crippen LogP contribution in [0.3, 0.4) is 0 Å². The van der Waals surface area contributed by atoms with Gasteiger partial charge in [-0.15, -0.1) is 0 Å². The highest BCUT2D eigenvalue weighted by Crippen LogP contribution is 1.96. The fraction of sp³-hybridized carbons (Fsp3) is 0.400. The van der Waals surface area contributed by atoms with Crippen LogP contribution in [-0.2, 0) is 4.43 Å². The van der Waals surface area contributed by atoms with Gasteiger partial charge in [-0.1, -0.05) is 24.3 Å². The van der Waals surface area contributed by atoms with E-state index in [1.165, 1.54) is 10.8 Å². The van der Waals surface area contributed by atoms with Gasteiger partial charge in [0.1, 0.15) is 0 Å². The van der Waals surface area contributed by atoms with Gasteiger partial charge in [0.25, 0.3) is 9.04 Å². The van der Waals surface area contributed by atoms with Gasteiger partial charge in [0, 0.05) is 12.8 Å². The van der Waals surface area contributed by atoms with Gasteiger partial charge < -0.3 is 22.5 Å². The van der Waals surface area contributed by atoms with Crippen LogP contribution in [0.1, 0.15) is 12.5 Å². The van der Waals surface area contributed by atoms with E-state index in [0.717, 1.165) is 6.61 Å². The summed E-state index contributed by atoms with van der Waals surface area (Å²) in [7, 11) is -0.965. The summed E-state index contributed by atoms with van der Waals surface area (Å²) in [5.41, 5.74) is 6.97. The third kappa shape index (κ3) is 4.54. The molecule has 5 heteroatoms. The summed E-state index contributed by atoms with van der Waals surface area (Å²) in [5, 5.41) is 1.30. The maximum atomic E-state index is 5.68. The van der Waals surface area contributed by atoms with E-state index in [9.17, 15) is 0 Å². The molecule has 0 aliphatic carbocycles. The van der Waals surface area contributed by atoms with Gasteiger partial charge in [0.15, 0.2) is 0 Å². The van der Waals surface area contributed by atoms with Crippen molar-refractivity contribution in [2.45, 2.75) is 13.8 Å². The first-order valence-electron chi connectivity index (χ1n) is 4.54. The van der Waals surface area contributed by atoms with E-state index in [1.807, 2.05) is 19.1 Å². The van der Waals surface area contributed by atoms with Gasteiger partial charge >= 0.3 is 0 Å². The Labute approximate surface area is 93.7 Å². The highest BCUT2D eigenvalue weighted by Gasteiger charge is 2.14. The zero-order valence-corrected chi connectivity index (χ0v) is 10.6. The molecule has 0 aliphatic heterocycles. The molecular weight excluding hydrogens is 206 g/mol. The Bertz CT molecular complexity index is 271. The molecule has 0 aromatic heterocycles. The van der Waals surface area contributed by atoms with Crippen LogP contribution in [0.15, 0.2) is 24.3 Å². The van der Waals surface area contributed by atoms with Gasteiger partial charge in [-0.05, 0) is 24.6 Å². The maximum absolute atomic E-state index is 5.68. The summed E-state index contributed by atoms with van der Waals surface area (Å²) in [5.74, 6) is 0. The largest absolute Gasteiger partial charge is 0.411 e. The Morgan fingerprint density at radius 2 is 1.87 bits per heavy atom. The Hall–Kier alpha value is -0.723. The highest BCUT2D eigenvalue weighted by molar-refractivity contribution is 6.68. The highest BCUT2D eigenvalue weighted by atomic mass is 28.3. The molecule has 0 amide bonds. The van der Waals surface area contributed by atoms with Crippen molar-refractivity contribution in [1.82, 2.24) is 12.3 Å². The Morgan fingerprint density at radius 3 is 2.33 bits per heavy atom. The van der Waals surface area contributed by atoms with Crippen molar-refractivity contribution in [1.29, 1.82) is 0 Å². The van der Waals surface area contributed by atoms with Crippen LogP contribution >= 0.6 is 0 Å². The molecule has 0 aliphatic rings. The zero-order chi connectivity index (χ0) is 9.68. The second-order valence-electron chi connectivity index (χ2n) is 2.88. The van der Waals surface area contributed by atoms with Crippen LogP contribution in [0.4, 0.5) is 0 Å². The molecule has 4 nitrogen and oxygen atoms in total. The van der Waals surface area contributed by atoms with Crippen molar-refractivity contribution in [3.05, 3.63) is 29.8 Å². The standard InChI is InChI=1S/C10H16NOSi.2H3N/c1-3-12-13(8-11)10-7-5-4-6-9(10)2;;/h4-7H,3,8,11H2,1-2H3;2*1H3. The average Bonchev–Trinajstić information content (AvgIpc) is 2.16. The van der Waals surface area contributed by atoms with E-state index in [0.29, 0.717) is 6.17 Å². The number of aryl methyl sites for hydroxylation is 1. The van der Waals surface area contributed by atoms with Crippen LogP contribution in [0.5, 0.6) is 0 Å². The van der Waals surface area contributed by atoms with E-state index < -0.39 is 9.04 Å². The van der Waals surface area contributed by atoms with Crippen LogP contribution < -0.4 is 23.2 Å². The summed E-state index contributed by atoms with van der Waals surface area (Å²) in [6.45, 7) is 4.87. The molecule has 0 saturated carbocycles. The molecule has 87 valence electrons. The smallest absolute Gasteiger partial charge is 0.261 e. The minimum Gasteiger partial charge on any atom is -0.411 e. The minimum atomic E-state index is -0.965. The second-order valence-corrected chi connectivity index (χ2v) is 4.96. The molecule has 1 rings (SSSR count). The first-order valence-corrected chi connectivity index (χ1v) is 6.15. The Morgan fingerprint density at radius 1 is 1.27 bits per heavy atom. The number of hydrogen-bond donors (Lipinski definition) is 3.